The molecule has 63 heavy (non-hydrogen) atoms. The molecule has 5 aromatic carbocycles. The molecule has 7 heteroatoms. The molecule has 9 aromatic rings. The van der Waals surface area contributed by atoms with Crippen LogP contribution in [0.3, 0.4) is 0 Å². The summed E-state index contributed by atoms with van der Waals surface area (Å²) < 4.78 is 67.3. The molecule has 0 radical (unpaired) electrons. The van der Waals surface area contributed by atoms with Crippen molar-refractivity contribution < 1.29 is 38.6 Å². The largest absolute Gasteiger partial charge is 0.508 e. The van der Waals surface area contributed by atoms with E-state index in [1.807, 2.05) is 137 Å². The van der Waals surface area contributed by atoms with E-state index >= 15 is 0 Å². The molecule has 0 unspecified atom stereocenters. The summed E-state index contributed by atoms with van der Waals surface area (Å²) in [7, 11) is 0. The molecule has 0 bridgehead atoms. The first kappa shape index (κ1) is 36.6. The van der Waals surface area contributed by atoms with Crippen LogP contribution in [0, 0.1) is 34.7 Å². The Morgan fingerprint density at radius 3 is 2.02 bits per heavy atom. The molecular formula is C56H55N5OPt-2. The van der Waals surface area contributed by atoms with Gasteiger partial charge in [0.25, 0.3) is 6.33 Å². The van der Waals surface area contributed by atoms with Gasteiger partial charge in [0, 0.05) is 52.5 Å². The number of hydrogen-bond acceptors (Lipinski definition) is 3. The van der Waals surface area contributed by atoms with Gasteiger partial charge in [-0.1, -0.05) is 158 Å². The van der Waals surface area contributed by atoms with Crippen molar-refractivity contribution in [3.63, 3.8) is 0 Å². The minimum Gasteiger partial charge on any atom is -0.508 e. The Balaban J connectivity index is 0.00000642. The number of rotatable bonds is 9. The van der Waals surface area contributed by atoms with Crippen LogP contribution in [-0.2, 0) is 40.2 Å². The summed E-state index contributed by atoms with van der Waals surface area (Å²) >= 11 is 0. The zero-order valence-corrected chi connectivity index (χ0v) is 39.4. The molecule has 0 saturated heterocycles. The second kappa shape index (κ2) is 17.0. The maximum absolute atomic E-state index is 9.25. The van der Waals surface area contributed by atoms with E-state index in [2.05, 4.69) is 53.8 Å². The van der Waals surface area contributed by atoms with Gasteiger partial charge < -0.3 is 18.9 Å². The summed E-state index contributed by atoms with van der Waals surface area (Å²) in [5.74, 6) is 1.28. The van der Waals surface area contributed by atoms with Gasteiger partial charge in [0.05, 0.1) is 16.7 Å². The first-order chi connectivity index (χ1) is 31.9. The smallest absolute Gasteiger partial charge is 0.268 e. The Bertz CT molecular complexity index is 3330. The van der Waals surface area contributed by atoms with Crippen molar-refractivity contribution in [1.82, 2.24) is 19.1 Å². The molecule has 6 nitrogen and oxygen atoms in total. The van der Waals surface area contributed by atoms with E-state index in [0.717, 1.165) is 38.4 Å². The van der Waals surface area contributed by atoms with Gasteiger partial charge >= 0.3 is 0 Å². The van der Waals surface area contributed by atoms with E-state index in [0.29, 0.717) is 50.9 Å². The van der Waals surface area contributed by atoms with Gasteiger partial charge in [0.15, 0.2) is 0 Å². The molecule has 0 aliphatic heterocycles. The average molecular weight is 1020 g/mol. The third-order valence-electron chi connectivity index (χ3n) is 10.1. The van der Waals surface area contributed by atoms with Crippen LogP contribution < -0.4 is 9.30 Å². The van der Waals surface area contributed by atoms with Crippen molar-refractivity contribution in [2.45, 2.75) is 81.4 Å². The topological polar surface area (TPSA) is 48.8 Å². The van der Waals surface area contributed by atoms with Gasteiger partial charge in [-0.3, -0.25) is 4.57 Å². The van der Waals surface area contributed by atoms with Crippen LogP contribution in [0.1, 0.15) is 87.2 Å². The van der Waals surface area contributed by atoms with Gasteiger partial charge in [-0.05, 0) is 99.7 Å². The predicted molar refractivity (Wildman–Crippen MR) is 253 cm³/mol. The molecule has 0 amide bonds. The molecule has 0 fully saturated rings. The van der Waals surface area contributed by atoms with Crippen LogP contribution in [0.2, 0.25) is 0 Å². The fourth-order valence-corrected chi connectivity index (χ4v) is 7.92. The van der Waals surface area contributed by atoms with Gasteiger partial charge in [-0.25, -0.2) is 4.98 Å². The Kier molecular flexibility index (Phi) is 9.90. The Morgan fingerprint density at radius 1 is 0.619 bits per heavy atom. The van der Waals surface area contributed by atoms with Crippen molar-refractivity contribution in [3.8, 4) is 39.8 Å². The summed E-state index contributed by atoms with van der Waals surface area (Å²) in [4.78, 5) is 9.37. The third kappa shape index (κ3) is 9.72. The monoisotopic (exact) mass is 1010 g/mol. The molecular weight excluding hydrogens is 954 g/mol. The minimum absolute atomic E-state index is 0. The van der Waals surface area contributed by atoms with Gasteiger partial charge in [0.1, 0.15) is 5.82 Å². The predicted octanol–water partition coefficient (Wildman–Crippen LogP) is 13.4. The number of nitrogens with zero attached hydrogens (tertiary/aromatic N) is 5. The Hall–Kier alpha value is -5.84. The molecule has 0 aliphatic carbocycles. The van der Waals surface area contributed by atoms with Crippen LogP contribution in [0.15, 0.2) is 134 Å². The number of aromatic nitrogens is 5. The van der Waals surface area contributed by atoms with Gasteiger partial charge in [0.2, 0.25) is 0 Å². The van der Waals surface area contributed by atoms with Crippen molar-refractivity contribution in [1.29, 1.82) is 0 Å². The molecule has 0 N–H and O–H groups in total. The maximum Gasteiger partial charge on any atom is 0.268 e. The fraction of sp³-hybridized carbons (Fsp3) is 0.268. The molecule has 0 aliphatic rings. The number of imidazole rings is 1. The summed E-state index contributed by atoms with van der Waals surface area (Å²) in [6.07, 6.45) is 3.15. The van der Waals surface area contributed by atoms with Crippen molar-refractivity contribution in [2.24, 2.45) is 16.2 Å². The van der Waals surface area contributed by atoms with Crippen LogP contribution >= 0.6 is 0 Å². The van der Waals surface area contributed by atoms with Gasteiger partial charge in [-0.15, -0.1) is 23.6 Å². The second-order valence-electron chi connectivity index (χ2n) is 19.0. The summed E-state index contributed by atoms with van der Waals surface area (Å²) in [6.45, 7) is 16.8. The minimum atomic E-state index is -1.80. The van der Waals surface area contributed by atoms with E-state index in [9.17, 15) is 5.48 Å². The van der Waals surface area contributed by atoms with E-state index in [1.165, 1.54) is 0 Å². The molecule has 0 spiro atoms. The standard InChI is InChI=1S/C56H55N5O.Pt/c1-54(2,3)32-38-23-24-58-53(28-38)61-49-22-19-42(41-15-11-10-12-16-41)29-48(49)47-21-20-45(31-52(47)61)62-46-30-44(35-57-36-46)60-37-59(50-17-13-14-18-51(50)60)43-26-39(33-55(4,5)6)25-40(27-43)34-56(7,8)9;/h10-29,35-36H,32-34H2,1-9H3;/q-2;/i32D2,33D2,34D2;. The first-order valence-electron chi connectivity index (χ1n) is 24.1. The van der Waals surface area contributed by atoms with E-state index < -0.39 is 35.4 Å². The van der Waals surface area contributed by atoms with E-state index in [-0.39, 0.29) is 21.1 Å². The Morgan fingerprint density at radius 2 is 1.30 bits per heavy atom. The number of para-hydroxylation sites is 2. The summed E-state index contributed by atoms with van der Waals surface area (Å²) in [5, 5.41) is 1.90. The van der Waals surface area contributed by atoms with Crippen molar-refractivity contribution in [2.75, 3.05) is 0 Å². The van der Waals surface area contributed by atoms with Crippen LogP contribution in [0.25, 0.3) is 61.2 Å². The summed E-state index contributed by atoms with van der Waals surface area (Å²) in [6, 6.07) is 43.9. The normalized spacial score (nSPS) is 14.4. The van der Waals surface area contributed by atoms with E-state index in [1.54, 1.807) is 42.9 Å². The number of benzene rings is 5. The summed E-state index contributed by atoms with van der Waals surface area (Å²) in [5.41, 5.74) is 5.41. The quantitative estimate of drug-likeness (QED) is 0.107. The average Bonchev–Trinajstić information content (AvgIpc) is 3.84. The zero-order chi connectivity index (χ0) is 48.8. The van der Waals surface area contributed by atoms with Crippen LogP contribution in [0.4, 0.5) is 0 Å². The molecule has 322 valence electrons. The zero-order valence-electron chi connectivity index (χ0n) is 43.2. The number of fused-ring (bicyclic) bond motifs is 4. The third-order valence-corrected chi connectivity index (χ3v) is 10.1. The van der Waals surface area contributed by atoms with E-state index in [4.69, 9.17) is 12.5 Å². The number of ether oxygens (including phenoxy) is 1. The van der Waals surface area contributed by atoms with Crippen molar-refractivity contribution >= 4 is 32.8 Å². The number of pyridine rings is 2. The SMILES string of the molecule is [2H]C([2H])(c1cc(-[n+]2[c-]n(-c3[c-]c(Oc4[c-]c5c(cc4)c4cc(-c6ccccc6)ccc4n5-c4cc(C([2H])([2H])C(C)(C)C)ccn4)cnc3)c3ccccc32)cc(C([2H])([2H])C(C)(C)C)c1)C(C)(C)C.[Pt]. The molecule has 4 aromatic heterocycles. The maximum atomic E-state index is 9.25. The van der Waals surface area contributed by atoms with Gasteiger partial charge in [-0.2, -0.15) is 6.07 Å². The van der Waals surface area contributed by atoms with Crippen LogP contribution in [-0.4, -0.2) is 19.1 Å². The first-order valence-corrected chi connectivity index (χ1v) is 21.1. The number of hydrogen-bond donors (Lipinski definition) is 0. The van der Waals surface area contributed by atoms with Crippen LogP contribution in [0.5, 0.6) is 11.5 Å². The Labute approximate surface area is 395 Å². The molecule has 0 atom stereocenters. The molecule has 4 heterocycles. The second-order valence-corrected chi connectivity index (χ2v) is 19.0. The molecule has 9 rings (SSSR count). The fourth-order valence-electron chi connectivity index (χ4n) is 7.92. The molecule has 0 saturated carbocycles. The van der Waals surface area contributed by atoms with Crippen molar-refractivity contribution in [3.05, 3.63) is 169 Å².